The fraction of sp³-hybridized carbons (Fsp3) is 0.143. The highest BCUT2D eigenvalue weighted by Gasteiger charge is 2.29. The van der Waals surface area contributed by atoms with Gasteiger partial charge in [0.25, 0.3) is 0 Å². The van der Waals surface area contributed by atoms with Crippen LogP contribution in [0.2, 0.25) is 0 Å². The number of hydrogen-bond donors (Lipinski definition) is 0. The fourth-order valence-corrected chi connectivity index (χ4v) is 2.00. The van der Waals surface area contributed by atoms with Crippen LogP contribution in [-0.2, 0) is 0 Å². The van der Waals surface area contributed by atoms with Crippen LogP contribution in [0.15, 0.2) is 46.9 Å². The molecule has 0 saturated carbocycles. The van der Waals surface area contributed by atoms with Crippen LogP contribution in [0.5, 0.6) is 17.2 Å². The van der Waals surface area contributed by atoms with Crippen LogP contribution in [0.25, 0.3) is 0 Å². The molecule has 5 nitrogen and oxygen atoms in total. The second-order valence-electron chi connectivity index (χ2n) is 4.32. The quantitative estimate of drug-likeness (QED) is 0.525. The molecule has 0 amide bonds. The lowest BCUT2D eigenvalue weighted by molar-refractivity contribution is -0.385. The minimum atomic E-state index is -4.50. The monoisotopic (exact) mass is 391 g/mol. The summed E-state index contributed by atoms with van der Waals surface area (Å²) in [6.45, 7) is -1.49. The topological polar surface area (TPSA) is 61.6 Å². The van der Waals surface area contributed by atoms with Gasteiger partial charge in [0.2, 0.25) is 5.75 Å². The summed E-state index contributed by atoms with van der Waals surface area (Å²) >= 11 is 3.10. The predicted octanol–water partition coefficient (Wildman–Crippen LogP) is 5.09. The summed E-state index contributed by atoms with van der Waals surface area (Å²) in [7, 11) is 0. The van der Waals surface area contributed by atoms with Crippen molar-refractivity contribution in [2.45, 2.75) is 6.18 Å². The second-order valence-corrected chi connectivity index (χ2v) is 5.24. The van der Waals surface area contributed by atoms with Gasteiger partial charge in [-0.2, -0.15) is 13.2 Å². The highest BCUT2D eigenvalue weighted by Crippen LogP contribution is 2.37. The SMILES string of the molecule is O=[N+]([O-])c1cc(Br)ccc1Oc1ccccc1OCC(F)(F)F. The molecule has 0 radical (unpaired) electrons. The summed E-state index contributed by atoms with van der Waals surface area (Å²) in [5, 5.41) is 11.0. The highest BCUT2D eigenvalue weighted by molar-refractivity contribution is 9.10. The van der Waals surface area contributed by atoms with Crippen molar-refractivity contribution in [2.75, 3.05) is 6.61 Å². The van der Waals surface area contributed by atoms with Gasteiger partial charge in [0, 0.05) is 10.5 Å². The van der Waals surface area contributed by atoms with Gasteiger partial charge in [-0.1, -0.05) is 28.1 Å². The minimum absolute atomic E-state index is 0.0535. The third kappa shape index (κ3) is 4.85. The van der Waals surface area contributed by atoms with E-state index in [1.807, 2.05) is 0 Å². The van der Waals surface area contributed by atoms with E-state index in [2.05, 4.69) is 20.7 Å². The van der Waals surface area contributed by atoms with Crippen molar-refractivity contribution in [3.63, 3.8) is 0 Å². The minimum Gasteiger partial charge on any atom is -0.480 e. The molecule has 2 rings (SSSR count). The first-order chi connectivity index (χ1) is 10.8. The number of hydrogen-bond acceptors (Lipinski definition) is 4. The van der Waals surface area contributed by atoms with Gasteiger partial charge >= 0.3 is 11.9 Å². The maximum Gasteiger partial charge on any atom is 0.422 e. The van der Waals surface area contributed by atoms with E-state index in [0.717, 1.165) is 0 Å². The lowest BCUT2D eigenvalue weighted by atomic mass is 10.3. The molecule has 0 heterocycles. The van der Waals surface area contributed by atoms with Crippen molar-refractivity contribution >= 4 is 21.6 Å². The Kier molecular flexibility index (Phi) is 5.09. The molecule has 23 heavy (non-hydrogen) atoms. The first kappa shape index (κ1) is 17.1. The third-order valence-corrected chi connectivity index (χ3v) is 3.07. The summed E-state index contributed by atoms with van der Waals surface area (Å²) in [6, 6.07) is 9.71. The summed E-state index contributed by atoms with van der Waals surface area (Å²) in [5.74, 6) is -0.328. The molecule has 0 N–H and O–H groups in total. The number of nitro benzene ring substituents is 1. The van der Waals surface area contributed by atoms with Crippen molar-refractivity contribution in [3.05, 3.63) is 57.1 Å². The van der Waals surface area contributed by atoms with Gasteiger partial charge in [0.1, 0.15) is 0 Å². The van der Waals surface area contributed by atoms with Gasteiger partial charge in [-0.3, -0.25) is 10.1 Å². The summed E-state index contributed by atoms with van der Waals surface area (Å²) in [6.07, 6.45) is -4.50. The number of alkyl halides is 3. The van der Waals surface area contributed by atoms with E-state index in [4.69, 9.17) is 4.74 Å². The van der Waals surface area contributed by atoms with Crippen LogP contribution < -0.4 is 9.47 Å². The Morgan fingerprint density at radius 2 is 1.74 bits per heavy atom. The molecule has 0 saturated heterocycles. The van der Waals surface area contributed by atoms with E-state index in [0.29, 0.717) is 4.47 Å². The second kappa shape index (κ2) is 6.86. The van der Waals surface area contributed by atoms with Gasteiger partial charge in [-0.15, -0.1) is 0 Å². The predicted molar refractivity (Wildman–Crippen MR) is 78.9 cm³/mol. The smallest absolute Gasteiger partial charge is 0.422 e. The molecule has 0 unspecified atom stereocenters. The lowest BCUT2D eigenvalue weighted by Crippen LogP contribution is -2.19. The molecule has 2 aromatic rings. The molecule has 0 aliphatic heterocycles. The van der Waals surface area contributed by atoms with Crippen molar-refractivity contribution in [2.24, 2.45) is 0 Å². The zero-order valence-corrected chi connectivity index (χ0v) is 12.9. The zero-order chi connectivity index (χ0) is 17.0. The largest absolute Gasteiger partial charge is 0.480 e. The van der Waals surface area contributed by atoms with Crippen LogP contribution in [0.3, 0.4) is 0 Å². The molecule has 0 spiro atoms. The number of ether oxygens (including phenoxy) is 2. The maximum absolute atomic E-state index is 12.3. The van der Waals surface area contributed by atoms with Crippen LogP contribution in [-0.4, -0.2) is 17.7 Å². The van der Waals surface area contributed by atoms with E-state index in [-0.39, 0.29) is 22.9 Å². The first-order valence-electron chi connectivity index (χ1n) is 6.16. The van der Waals surface area contributed by atoms with E-state index in [1.54, 1.807) is 0 Å². The van der Waals surface area contributed by atoms with Crippen LogP contribution in [0.1, 0.15) is 0 Å². The first-order valence-corrected chi connectivity index (χ1v) is 6.96. The fourth-order valence-electron chi connectivity index (χ4n) is 1.65. The zero-order valence-electron chi connectivity index (χ0n) is 11.3. The molecule has 0 aromatic heterocycles. The van der Waals surface area contributed by atoms with Gasteiger partial charge in [-0.05, 0) is 24.3 Å². The van der Waals surface area contributed by atoms with Crippen molar-refractivity contribution in [1.82, 2.24) is 0 Å². The molecule has 122 valence electrons. The number of para-hydroxylation sites is 2. The Balaban J connectivity index is 2.29. The molecule has 0 aliphatic rings. The number of rotatable bonds is 5. The van der Waals surface area contributed by atoms with E-state index >= 15 is 0 Å². The van der Waals surface area contributed by atoms with E-state index in [1.165, 1.54) is 42.5 Å². The van der Waals surface area contributed by atoms with Gasteiger partial charge < -0.3 is 9.47 Å². The van der Waals surface area contributed by atoms with Crippen LogP contribution in [0.4, 0.5) is 18.9 Å². The molecule has 0 atom stereocenters. The molecule has 0 bridgehead atoms. The molecule has 0 aliphatic carbocycles. The molecular formula is C14H9BrF3NO4. The van der Waals surface area contributed by atoms with E-state index < -0.39 is 17.7 Å². The van der Waals surface area contributed by atoms with Crippen LogP contribution >= 0.6 is 15.9 Å². The number of halogens is 4. The average molecular weight is 392 g/mol. The van der Waals surface area contributed by atoms with Crippen molar-refractivity contribution in [1.29, 1.82) is 0 Å². The maximum atomic E-state index is 12.3. The molecule has 2 aromatic carbocycles. The van der Waals surface area contributed by atoms with Gasteiger partial charge in [0.05, 0.1) is 4.92 Å². The van der Waals surface area contributed by atoms with Gasteiger partial charge in [0.15, 0.2) is 18.1 Å². The lowest BCUT2D eigenvalue weighted by Gasteiger charge is -2.13. The number of nitrogens with zero attached hydrogens (tertiary/aromatic N) is 1. The summed E-state index contributed by atoms with van der Waals surface area (Å²) in [5.41, 5.74) is -0.329. The Bertz CT molecular complexity index is 721. The Hall–Kier alpha value is -2.29. The van der Waals surface area contributed by atoms with Gasteiger partial charge in [-0.25, -0.2) is 0 Å². The normalized spacial score (nSPS) is 11.1. The Morgan fingerprint density at radius 1 is 1.09 bits per heavy atom. The number of benzene rings is 2. The average Bonchev–Trinajstić information content (AvgIpc) is 2.47. The van der Waals surface area contributed by atoms with Crippen LogP contribution in [0, 0.1) is 10.1 Å². The van der Waals surface area contributed by atoms with E-state index in [9.17, 15) is 23.3 Å². The molecule has 9 heteroatoms. The summed E-state index contributed by atoms with van der Waals surface area (Å²) in [4.78, 5) is 10.4. The van der Waals surface area contributed by atoms with Crippen molar-refractivity contribution < 1.29 is 27.6 Å². The third-order valence-electron chi connectivity index (χ3n) is 2.58. The standard InChI is InChI=1S/C14H9BrF3NO4/c15-9-5-6-11(10(7-9)19(20)21)23-13-4-2-1-3-12(13)22-8-14(16,17)18/h1-7H,8H2. The molecule has 0 fully saturated rings. The molecular weight excluding hydrogens is 383 g/mol. The summed E-state index contributed by atoms with van der Waals surface area (Å²) < 4.78 is 47.3. The Morgan fingerprint density at radius 3 is 2.35 bits per heavy atom. The highest BCUT2D eigenvalue weighted by atomic mass is 79.9. The number of nitro groups is 1. The Labute approximate surface area is 136 Å². The van der Waals surface area contributed by atoms with Crippen molar-refractivity contribution in [3.8, 4) is 17.2 Å².